The molecule has 3 nitrogen and oxygen atoms in total. The predicted molar refractivity (Wildman–Crippen MR) is 71.0 cm³/mol. The molecule has 0 aromatic heterocycles. The molecule has 18 heavy (non-hydrogen) atoms. The van der Waals surface area contributed by atoms with Gasteiger partial charge in [0.05, 0.1) is 12.5 Å². The first kappa shape index (κ1) is 14.7. The Morgan fingerprint density at radius 3 is 2.28 bits per heavy atom. The summed E-state index contributed by atoms with van der Waals surface area (Å²) in [5.74, 6) is -1.04. The number of benzene rings is 1. The summed E-state index contributed by atoms with van der Waals surface area (Å²) in [7, 11) is 0. The van der Waals surface area contributed by atoms with E-state index in [0.29, 0.717) is 6.61 Å². The molecule has 0 spiro atoms. The maximum absolute atomic E-state index is 11.9. The molecule has 0 bridgehead atoms. The summed E-state index contributed by atoms with van der Waals surface area (Å²) in [4.78, 5) is 11.9. The van der Waals surface area contributed by atoms with Crippen molar-refractivity contribution in [3.8, 4) is 0 Å². The van der Waals surface area contributed by atoms with Gasteiger partial charge in [-0.25, -0.2) is 0 Å². The molecule has 0 aliphatic heterocycles. The molecule has 0 fully saturated rings. The number of hydrogen-bond donors (Lipinski definition) is 1. The van der Waals surface area contributed by atoms with Gasteiger partial charge in [-0.2, -0.15) is 0 Å². The lowest BCUT2D eigenvalue weighted by atomic mass is 9.74. The molecule has 0 aliphatic carbocycles. The summed E-state index contributed by atoms with van der Waals surface area (Å²) in [5.41, 5.74) is -0.450. The van der Waals surface area contributed by atoms with Gasteiger partial charge >= 0.3 is 5.97 Å². The van der Waals surface area contributed by atoms with Crippen LogP contribution in [-0.2, 0) is 15.1 Å². The fraction of sp³-hybridized carbons (Fsp3) is 0.533. The van der Waals surface area contributed by atoms with Crippen molar-refractivity contribution in [2.75, 3.05) is 6.61 Å². The average molecular weight is 250 g/mol. The summed E-state index contributed by atoms with van der Waals surface area (Å²) >= 11 is 0. The minimum absolute atomic E-state index is 0.0840. The van der Waals surface area contributed by atoms with Gasteiger partial charge in [-0.3, -0.25) is 4.79 Å². The van der Waals surface area contributed by atoms with Crippen LogP contribution in [0.3, 0.4) is 0 Å². The largest absolute Gasteiger partial charge is 0.466 e. The van der Waals surface area contributed by atoms with E-state index in [1.165, 1.54) is 0 Å². The Labute approximate surface area is 109 Å². The van der Waals surface area contributed by atoms with Gasteiger partial charge in [0.25, 0.3) is 0 Å². The van der Waals surface area contributed by atoms with Crippen molar-refractivity contribution in [2.45, 2.75) is 33.3 Å². The maximum Gasteiger partial charge on any atom is 0.311 e. The highest BCUT2D eigenvalue weighted by molar-refractivity contribution is 5.74. The maximum atomic E-state index is 11.9. The highest BCUT2D eigenvalue weighted by Crippen LogP contribution is 2.37. The lowest BCUT2D eigenvalue weighted by Crippen LogP contribution is -2.43. The Morgan fingerprint density at radius 1 is 1.28 bits per heavy atom. The van der Waals surface area contributed by atoms with E-state index in [9.17, 15) is 9.90 Å². The van der Waals surface area contributed by atoms with Crippen molar-refractivity contribution >= 4 is 5.97 Å². The first-order valence-corrected chi connectivity index (χ1v) is 6.39. The molecule has 3 heteroatoms. The van der Waals surface area contributed by atoms with E-state index >= 15 is 0 Å². The predicted octanol–water partition coefficient (Wildman–Crippen LogP) is 2.73. The third-order valence-corrected chi connectivity index (χ3v) is 3.42. The van der Waals surface area contributed by atoms with Gasteiger partial charge in [-0.15, -0.1) is 0 Å². The number of carbonyl (C=O) groups excluding carboxylic acids is 1. The highest BCUT2D eigenvalue weighted by atomic mass is 16.5. The number of carbonyl (C=O) groups is 1. The summed E-state index contributed by atoms with van der Waals surface area (Å²) in [5, 5.41) is 10.9. The highest BCUT2D eigenvalue weighted by Gasteiger charge is 2.43. The molecule has 0 aliphatic rings. The van der Waals surface area contributed by atoms with Gasteiger partial charge in [0, 0.05) is 0 Å². The van der Waals surface area contributed by atoms with Gasteiger partial charge in [-0.1, -0.05) is 44.2 Å². The lowest BCUT2D eigenvalue weighted by Gasteiger charge is -2.37. The van der Waals surface area contributed by atoms with Gasteiger partial charge < -0.3 is 9.84 Å². The van der Waals surface area contributed by atoms with Crippen molar-refractivity contribution in [1.29, 1.82) is 0 Å². The molecule has 1 N–H and O–H groups in total. The first-order valence-electron chi connectivity index (χ1n) is 6.39. The molecule has 0 unspecified atom stereocenters. The summed E-state index contributed by atoms with van der Waals surface area (Å²) in [6, 6.07) is 9.30. The Hall–Kier alpha value is -1.35. The van der Waals surface area contributed by atoms with E-state index in [4.69, 9.17) is 4.74 Å². The Kier molecular flexibility index (Phi) is 4.91. The topological polar surface area (TPSA) is 46.5 Å². The number of ether oxygens (including phenoxy) is 1. The van der Waals surface area contributed by atoms with Crippen LogP contribution in [0.1, 0.15) is 33.3 Å². The molecule has 0 radical (unpaired) electrons. The minimum Gasteiger partial charge on any atom is -0.466 e. The van der Waals surface area contributed by atoms with Crippen LogP contribution in [0.2, 0.25) is 0 Å². The van der Waals surface area contributed by atoms with Crippen LogP contribution in [0.5, 0.6) is 0 Å². The first-order chi connectivity index (χ1) is 8.44. The van der Waals surface area contributed by atoms with E-state index in [0.717, 1.165) is 5.56 Å². The monoisotopic (exact) mass is 250 g/mol. The van der Waals surface area contributed by atoms with Crippen LogP contribution < -0.4 is 0 Å². The molecule has 0 saturated heterocycles. The van der Waals surface area contributed by atoms with Gasteiger partial charge in [-0.05, 0) is 25.3 Å². The molecule has 100 valence electrons. The van der Waals surface area contributed by atoms with Crippen molar-refractivity contribution in [1.82, 2.24) is 0 Å². The van der Waals surface area contributed by atoms with E-state index in [-0.39, 0.29) is 11.9 Å². The molecule has 0 amide bonds. The third-order valence-electron chi connectivity index (χ3n) is 3.42. The normalized spacial score (nSPS) is 16.1. The molecule has 2 atom stereocenters. The van der Waals surface area contributed by atoms with Gasteiger partial charge in [0.15, 0.2) is 0 Å². The van der Waals surface area contributed by atoms with Gasteiger partial charge in [0.1, 0.15) is 5.60 Å². The number of aliphatic hydroxyl groups is 1. The van der Waals surface area contributed by atoms with Crippen LogP contribution in [0.25, 0.3) is 0 Å². The lowest BCUT2D eigenvalue weighted by molar-refractivity contribution is -0.162. The molecular formula is C15H22O3. The van der Waals surface area contributed by atoms with Crippen molar-refractivity contribution in [3.63, 3.8) is 0 Å². The fourth-order valence-corrected chi connectivity index (χ4v) is 2.24. The zero-order valence-corrected chi connectivity index (χ0v) is 11.5. The zero-order valence-electron chi connectivity index (χ0n) is 11.5. The summed E-state index contributed by atoms with van der Waals surface area (Å²) in [6.45, 7) is 7.62. The van der Waals surface area contributed by atoms with E-state index in [1.54, 1.807) is 13.8 Å². The number of esters is 1. The van der Waals surface area contributed by atoms with E-state index in [2.05, 4.69) is 0 Å². The molecule has 1 rings (SSSR count). The second kappa shape index (κ2) is 6.01. The molecule has 0 heterocycles. The molecule has 0 saturated carbocycles. The summed E-state index contributed by atoms with van der Waals surface area (Å²) < 4.78 is 5.02. The Bertz CT molecular complexity index is 386. The minimum atomic E-state index is -1.20. The fourth-order valence-electron chi connectivity index (χ4n) is 2.24. The van der Waals surface area contributed by atoms with Crippen LogP contribution in [-0.4, -0.2) is 17.7 Å². The second-order valence-electron chi connectivity index (χ2n) is 4.82. The molecular weight excluding hydrogens is 228 g/mol. The molecule has 1 aromatic carbocycles. The SMILES string of the molecule is CCOC(=O)[C@H](C)[C@](O)(c1ccccc1)C(C)C. The zero-order chi connectivity index (χ0) is 13.8. The van der Waals surface area contributed by atoms with Crippen molar-refractivity contribution < 1.29 is 14.6 Å². The average Bonchev–Trinajstić information content (AvgIpc) is 2.38. The number of hydrogen-bond acceptors (Lipinski definition) is 3. The second-order valence-corrected chi connectivity index (χ2v) is 4.82. The standard InChI is InChI=1S/C15H22O3/c1-5-18-14(16)12(4)15(17,11(2)3)13-9-7-6-8-10-13/h6-12,17H,5H2,1-4H3/t12-,15-/m0/s1. The smallest absolute Gasteiger partial charge is 0.311 e. The van der Waals surface area contributed by atoms with Crippen LogP contribution >= 0.6 is 0 Å². The van der Waals surface area contributed by atoms with Crippen molar-refractivity contribution in [3.05, 3.63) is 35.9 Å². The Morgan fingerprint density at radius 2 is 1.83 bits per heavy atom. The third kappa shape index (κ3) is 2.72. The summed E-state index contributed by atoms with van der Waals surface area (Å²) in [6.07, 6.45) is 0. The van der Waals surface area contributed by atoms with Gasteiger partial charge in [0.2, 0.25) is 0 Å². The van der Waals surface area contributed by atoms with E-state index < -0.39 is 11.5 Å². The Balaban J connectivity index is 3.12. The van der Waals surface area contributed by atoms with Crippen molar-refractivity contribution in [2.24, 2.45) is 11.8 Å². The molecule has 1 aromatic rings. The number of rotatable bonds is 5. The quantitative estimate of drug-likeness (QED) is 0.817. The van der Waals surface area contributed by atoms with Crippen LogP contribution in [0.15, 0.2) is 30.3 Å². The van der Waals surface area contributed by atoms with Crippen LogP contribution in [0.4, 0.5) is 0 Å². The van der Waals surface area contributed by atoms with Crippen LogP contribution in [0, 0.1) is 11.8 Å². The van der Waals surface area contributed by atoms with E-state index in [1.807, 2.05) is 44.2 Å².